The number of hydrogen-bond acceptors (Lipinski definition) is 16. The van der Waals surface area contributed by atoms with E-state index in [0.29, 0.717) is 180 Å². The summed E-state index contributed by atoms with van der Waals surface area (Å²) in [6, 6.07) is -0.273. The van der Waals surface area contributed by atoms with Gasteiger partial charge >= 0.3 is 12.1 Å². The number of unbranched alkanes of at least 4 members (excludes halogenated alkanes) is 3. The molecule has 3 rings (SSSR count). The first-order valence-corrected chi connectivity index (χ1v) is 27.6. The predicted octanol–water partition coefficient (Wildman–Crippen LogP) is 4.15. The molecule has 6 amide bonds. The lowest BCUT2D eigenvalue weighted by Gasteiger charge is -2.30. The van der Waals surface area contributed by atoms with Crippen molar-refractivity contribution >= 4 is 53.1 Å². The summed E-state index contributed by atoms with van der Waals surface area (Å²) in [6.07, 6.45) is 8.65. The molecule has 9 N–H and O–H groups in total. The van der Waals surface area contributed by atoms with E-state index >= 15 is 0 Å². The first-order valence-electron chi connectivity index (χ1n) is 26.5. The largest absolute Gasteiger partial charge is 0.511 e. The number of aliphatic imine (C=N–C) groups is 1. The third-order valence-corrected chi connectivity index (χ3v) is 13.5. The molecule has 4 atom stereocenters. The number of aliphatic hydroxyl groups is 1. The molecule has 1 aliphatic carbocycles. The molecule has 3 aliphatic rings. The number of nitrogens with two attached hydrogens (primary N) is 1. The third kappa shape index (κ3) is 29.0. The molecule has 22 heteroatoms. The van der Waals surface area contributed by atoms with Gasteiger partial charge in [-0.05, 0) is 90.4 Å². The monoisotopic (exact) mass is 1050 g/mol. The number of hydrogen-bond donors (Lipinski definition) is 8. The maximum atomic E-state index is 13.1. The molecule has 0 radical (unpaired) electrons. The molecule has 0 bridgehead atoms. The molecule has 418 valence electrons. The second-order valence-corrected chi connectivity index (χ2v) is 21.7. The fraction of sp³-hybridized carbons (Fsp3) is 0.824. The number of amides is 6. The number of alkyl carbamates (subject to hydrolysis) is 1. The highest BCUT2D eigenvalue weighted by Crippen LogP contribution is 2.37. The molecule has 2 heterocycles. The van der Waals surface area contributed by atoms with E-state index in [1.165, 1.54) is 0 Å². The lowest BCUT2D eigenvalue weighted by molar-refractivity contribution is -0.123. The van der Waals surface area contributed by atoms with Crippen molar-refractivity contribution in [1.82, 2.24) is 31.9 Å². The topological polar surface area (TPSA) is 289 Å². The standard InChI is InChI=1S/C51H90N8O13S/c1-50(2,3)72-49(66)57-23-27-70-31-30-69-26-22-53-38(45-40(60)34-51(4,5)35-41(45)61)15-6-8-17-43(62)54-19-11-10-14-37(52)47(64)56-21-13-25-68-29-33-71-32-28-67-24-12-20-55-44(63)18-9-7-16-42-46-39(36-73-42)58-48(65)59-46/h37,39,42,46,60H,6-36,52H2,1-5H3,(H,54,62)(H,55,63)(H,56,64)(H,57,66)(H2,58,59,65)/t37-,39-,42-,46-/m0/s1. The van der Waals surface area contributed by atoms with Gasteiger partial charge in [0, 0.05) is 81.8 Å². The number of fused-ring (bicyclic) bond motifs is 1. The van der Waals surface area contributed by atoms with Crippen LogP contribution in [0, 0.1) is 5.41 Å². The van der Waals surface area contributed by atoms with Crippen molar-refractivity contribution in [2.24, 2.45) is 16.1 Å². The number of rotatable bonds is 40. The minimum Gasteiger partial charge on any atom is -0.511 e. The molecule has 2 fully saturated rings. The number of nitrogens with zero attached hydrogens (tertiary/aromatic N) is 1. The summed E-state index contributed by atoms with van der Waals surface area (Å²) in [5.74, 6) is 0.618. The Hall–Kier alpha value is -4.06. The van der Waals surface area contributed by atoms with Crippen LogP contribution in [0.25, 0.3) is 0 Å². The van der Waals surface area contributed by atoms with Gasteiger partial charge in [-0.1, -0.05) is 20.3 Å². The van der Waals surface area contributed by atoms with E-state index in [-0.39, 0.29) is 58.4 Å². The van der Waals surface area contributed by atoms with Crippen LogP contribution in [0.1, 0.15) is 131 Å². The van der Waals surface area contributed by atoms with E-state index in [9.17, 15) is 33.9 Å². The van der Waals surface area contributed by atoms with Gasteiger partial charge in [-0.15, -0.1) is 0 Å². The molecule has 0 aromatic carbocycles. The molecular weight excluding hydrogens is 965 g/mol. The molecule has 2 saturated heterocycles. The fourth-order valence-electron chi connectivity index (χ4n) is 8.34. The lowest BCUT2D eigenvalue weighted by atomic mass is 9.75. The quantitative estimate of drug-likeness (QED) is 0.0243. The molecule has 0 saturated carbocycles. The number of Topliss-reactive ketones (excluding diaryl/α,β-unsaturated/α-hetero) is 1. The average molecular weight is 1060 g/mol. The molecule has 73 heavy (non-hydrogen) atoms. The summed E-state index contributed by atoms with van der Waals surface area (Å²) in [5.41, 5.74) is 6.01. The van der Waals surface area contributed by atoms with E-state index in [1.54, 1.807) is 20.8 Å². The SMILES string of the molecule is CC1(C)CC(=O)C(C(CCCCC(=O)NCCCC[C@H](N)C(=O)NCCCOCCOCCOCCCNC(=O)CCCC[C@@H]2SC[C@@H]3NC(=O)N[C@@H]32)=NCCOCCOCCNC(=O)OC(C)(C)C)=C(O)C1. The Labute approximate surface area is 437 Å². The van der Waals surface area contributed by atoms with Crippen molar-refractivity contribution in [2.45, 2.75) is 160 Å². The molecule has 0 spiro atoms. The van der Waals surface area contributed by atoms with Gasteiger partial charge in [0.25, 0.3) is 0 Å². The van der Waals surface area contributed by atoms with Gasteiger partial charge in [-0.2, -0.15) is 11.8 Å². The van der Waals surface area contributed by atoms with Crippen LogP contribution in [0.5, 0.6) is 0 Å². The molecule has 21 nitrogen and oxygen atoms in total. The fourth-order valence-corrected chi connectivity index (χ4v) is 9.89. The zero-order valence-electron chi connectivity index (χ0n) is 44.5. The summed E-state index contributed by atoms with van der Waals surface area (Å²) in [7, 11) is 0. The van der Waals surface area contributed by atoms with Gasteiger partial charge in [0.1, 0.15) is 11.4 Å². The highest BCUT2D eigenvalue weighted by Gasteiger charge is 2.42. The maximum absolute atomic E-state index is 13.1. The number of carbonyl (C=O) groups is 6. The number of nitrogens with one attached hydrogen (secondary N) is 6. The van der Waals surface area contributed by atoms with E-state index in [0.717, 1.165) is 31.4 Å². The first-order chi connectivity index (χ1) is 34.9. The normalized spacial score (nSPS) is 19.0. The molecular formula is C51H90N8O13S. The van der Waals surface area contributed by atoms with E-state index < -0.39 is 17.7 Å². The van der Waals surface area contributed by atoms with E-state index in [2.05, 4.69) is 36.9 Å². The van der Waals surface area contributed by atoms with Crippen LogP contribution >= 0.6 is 11.8 Å². The Morgan fingerprint density at radius 1 is 0.712 bits per heavy atom. The number of allylic oxidation sites excluding steroid dienone is 2. The van der Waals surface area contributed by atoms with Crippen molar-refractivity contribution in [2.75, 3.05) is 105 Å². The minimum atomic E-state index is -0.641. The van der Waals surface area contributed by atoms with Gasteiger partial charge in [0.2, 0.25) is 17.7 Å². The Balaban J connectivity index is 1.11. The van der Waals surface area contributed by atoms with Crippen LogP contribution < -0.4 is 37.6 Å². The van der Waals surface area contributed by atoms with Crippen LogP contribution in [-0.2, 0) is 47.6 Å². The van der Waals surface area contributed by atoms with Crippen LogP contribution in [0.15, 0.2) is 16.3 Å². The van der Waals surface area contributed by atoms with Crippen molar-refractivity contribution < 1.29 is 62.3 Å². The Kier molecular flexibility index (Phi) is 31.2. The first kappa shape index (κ1) is 63.2. The summed E-state index contributed by atoms with van der Waals surface area (Å²) < 4.78 is 33.1. The smallest absolute Gasteiger partial charge is 0.407 e. The number of ether oxygens (including phenoxy) is 6. The maximum Gasteiger partial charge on any atom is 0.407 e. The van der Waals surface area contributed by atoms with Crippen molar-refractivity contribution in [1.29, 1.82) is 0 Å². The number of carbonyl (C=O) groups excluding carboxylic acids is 6. The van der Waals surface area contributed by atoms with Gasteiger partial charge in [0.15, 0.2) is 5.78 Å². The zero-order chi connectivity index (χ0) is 53.3. The van der Waals surface area contributed by atoms with Crippen molar-refractivity contribution in [3.05, 3.63) is 11.3 Å². The molecule has 2 aliphatic heterocycles. The summed E-state index contributed by atoms with van der Waals surface area (Å²) >= 11 is 1.89. The van der Waals surface area contributed by atoms with Crippen molar-refractivity contribution in [3.63, 3.8) is 0 Å². The average Bonchev–Trinajstić information content (AvgIpc) is 3.88. The predicted molar refractivity (Wildman–Crippen MR) is 281 cm³/mol. The Morgan fingerprint density at radius 3 is 1.93 bits per heavy atom. The lowest BCUT2D eigenvalue weighted by Crippen LogP contribution is -2.41. The summed E-state index contributed by atoms with van der Waals surface area (Å²) in [4.78, 5) is 78.2. The van der Waals surface area contributed by atoms with Gasteiger partial charge in [-0.3, -0.25) is 24.2 Å². The highest BCUT2D eigenvalue weighted by molar-refractivity contribution is 8.00. The zero-order valence-corrected chi connectivity index (χ0v) is 45.3. The number of urea groups is 1. The number of ketones is 1. The highest BCUT2D eigenvalue weighted by atomic mass is 32.2. The second kappa shape index (κ2) is 36.0. The molecule has 0 aromatic heterocycles. The van der Waals surface area contributed by atoms with E-state index in [4.69, 9.17) is 34.2 Å². The minimum absolute atomic E-state index is 0.0524. The number of thioether (sulfide) groups is 1. The van der Waals surface area contributed by atoms with Crippen LogP contribution in [0.2, 0.25) is 0 Å². The van der Waals surface area contributed by atoms with Gasteiger partial charge < -0.3 is 71.2 Å². The molecule has 0 aromatic rings. The van der Waals surface area contributed by atoms with Gasteiger partial charge in [-0.25, -0.2) is 9.59 Å². The summed E-state index contributed by atoms with van der Waals surface area (Å²) in [5, 5.41) is 28.6. The van der Waals surface area contributed by atoms with Crippen LogP contribution in [0.4, 0.5) is 9.59 Å². The van der Waals surface area contributed by atoms with E-state index in [1.807, 2.05) is 25.6 Å². The van der Waals surface area contributed by atoms with Crippen LogP contribution in [0.3, 0.4) is 0 Å². The Bertz CT molecular complexity index is 1750. The van der Waals surface area contributed by atoms with Crippen LogP contribution in [-0.4, -0.2) is 180 Å². The number of aliphatic hydroxyl groups excluding tert-OH is 1. The Morgan fingerprint density at radius 2 is 1.29 bits per heavy atom. The van der Waals surface area contributed by atoms with Gasteiger partial charge in [0.05, 0.1) is 83.1 Å². The summed E-state index contributed by atoms with van der Waals surface area (Å²) in [6.45, 7) is 15.4. The van der Waals surface area contributed by atoms with Crippen molar-refractivity contribution in [3.8, 4) is 0 Å². The molecule has 0 unspecified atom stereocenters. The second-order valence-electron chi connectivity index (χ2n) is 20.5. The third-order valence-electron chi connectivity index (χ3n) is 12.0.